The lowest BCUT2D eigenvalue weighted by molar-refractivity contribution is -0.0494. The van der Waals surface area contributed by atoms with Crippen molar-refractivity contribution >= 4 is 0 Å². The minimum atomic E-state index is -2.89. The fraction of sp³-hybridized carbons (Fsp3) is 0.579. The molecule has 1 aromatic carbocycles. The number of halogens is 2. The van der Waals surface area contributed by atoms with Crippen LogP contribution in [0.3, 0.4) is 0 Å². The molecule has 2 fully saturated rings. The number of hydrogen-bond donors (Lipinski definition) is 0. The lowest BCUT2D eigenvalue weighted by Crippen LogP contribution is -2.43. The van der Waals surface area contributed by atoms with Crippen LogP contribution in [0.2, 0.25) is 0 Å². The Kier molecular flexibility index (Phi) is 5.63. The molecule has 0 saturated carbocycles. The first-order valence-corrected chi connectivity index (χ1v) is 9.52. The molecule has 0 unspecified atom stereocenters. The third kappa shape index (κ3) is 4.44. The highest BCUT2D eigenvalue weighted by Gasteiger charge is 2.27. The summed E-state index contributed by atoms with van der Waals surface area (Å²) in [6, 6.07) is 7.18. The van der Waals surface area contributed by atoms with Gasteiger partial charge >= 0.3 is 6.61 Å². The molecular weight excluding hydrogens is 354 g/mol. The minimum Gasteiger partial charge on any atom is -0.434 e. The quantitative estimate of drug-likeness (QED) is 0.768. The molecule has 2 aliphatic heterocycles. The molecule has 0 N–H and O–H groups in total. The van der Waals surface area contributed by atoms with Gasteiger partial charge in [-0.3, -0.25) is 4.90 Å². The van der Waals surface area contributed by atoms with Crippen molar-refractivity contribution in [2.75, 3.05) is 26.2 Å². The number of piperidine rings is 1. The Morgan fingerprint density at radius 2 is 1.85 bits per heavy atom. The van der Waals surface area contributed by atoms with Gasteiger partial charge in [0, 0.05) is 19.1 Å². The molecular formula is C19H24F2N4O2. The molecule has 2 aromatic rings. The van der Waals surface area contributed by atoms with Crippen LogP contribution < -0.4 is 4.74 Å². The molecule has 2 saturated heterocycles. The predicted octanol–water partition coefficient (Wildman–Crippen LogP) is 3.40. The first-order valence-electron chi connectivity index (χ1n) is 9.52. The summed E-state index contributed by atoms with van der Waals surface area (Å²) in [4.78, 5) is 9.31. The van der Waals surface area contributed by atoms with Gasteiger partial charge in [-0.05, 0) is 50.9 Å². The first-order chi connectivity index (χ1) is 13.2. The van der Waals surface area contributed by atoms with E-state index in [0.717, 1.165) is 25.9 Å². The maximum absolute atomic E-state index is 12.6. The van der Waals surface area contributed by atoms with Crippen LogP contribution in [0.1, 0.15) is 31.6 Å². The highest BCUT2D eigenvalue weighted by Crippen LogP contribution is 2.29. The largest absolute Gasteiger partial charge is 0.434 e. The molecule has 1 aromatic heterocycles. The number of hydrogen-bond acceptors (Lipinski definition) is 6. The van der Waals surface area contributed by atoms with E-state index in [9.17, 15) is 8.78 Å². The van der Waals surface area contributed by atoms with E-state index < -0.39 is 6.61 Å². The van der Waals surface area contributed by atoms with Gasteiger partial charge in [-0.25, -0.2) is 0 Å². The van der Waals surface area contributed by atoms with Gasteiger partial charge in [0.2, 0.25) is 11.7 Å². The Bertz CT molecular complexity index is 741. The number of alkyl halides is 2. The Balaban J connectivity index is 1.36. The Morgan fingerprint density at radius 3 is 2.59 bits per heavy atom. The molecule has 0 amide bonds. The highest BCUT2D eigenvalue weighted by molar-refractivity contribution is 5.63. The molecule has 0 aliphatic carbocycles. The van der Waals surface area contributed by atoms with Gasteiger partial charge in [-0.2, -0.15) is 13.8 Å². The molecule has 2 aliphatic rings. The summed E-state index contributed by atoms with van der Waals surface area (Å²) in [6.07, 6.45) is 4.96. The lowest BCUT2D eigenvalue weighted by Gasteiger charge is -2.36. The van der Waals surface area contributed by atoms with Crippen molar-refractivity contribution in [3.63, 3.8) is 0 Å². The minimum absolute atomic E-state index is 0.0475. The van der Waals surface area contributed by atoms with E-state index in [1.54, 1.807) is 18.2 Å². The van der Waals surface area contributed by atoms with Crippen LogP contribution in [0.25, 0.3) is 11.4 Å². The number of benzene rings is 1. The number of para-hydroxylation sites is 1. The van der Waals surface area contributed by atoms with Gasteiger partial charge in [0.05, 0.1) is 12.1 Å². The number of nitrogens with zero attached hydrogens (tertiary/aromatic N) is 4. The normalized spacial score (nSPS) is 19.8. The average molecular weight is 378 g/mol. The van der Waals surface area contributed by atoms with Crippen molar-refractivity contribution in [2.45, 2.75) is 44.9 Å². The summed E-state index contributed by atoms with van der Waals surface area (Å²) >= 11 is 0. The molecule has 0 spiro atoms. The number of aromatic nitrogens is 2. The smallest absolute Gasteiger partial charge is 0.387 e. The van der Waals surface area contributed by atoms with Gasteiger partial charge in [-0.15, -0.1) is 0 Å². The summed E-state index contributed by atoms with van der Waals surface area (Å²) in [5.74, 6) is 0.816. The van der Waals surface area contributed by atoms with Gasteiger partial charge in [0.25, 0.3) is 0 Å². The Labute approximate surface area is 157 Å². The van der Waals surface area contributed by atoms with E-state index in [1.807, 2.05) is 0 Å². The average Bonchev–Trinajstić information content (AvgIpc) is 3.35. The van der Waals surface area contributed by atoms with Gasteiger partial charge in [-0.1, -0.05) is 17.3 Å². The van der Waals surface area contributed by atoms with E-state index in [-0.39, 0.29) is 11.6 Å². The third-order valence-electron chi connectivity index (χ3n) is 5.39. The van der Waals surface area contributed by atoms with Gasteiger partial charge < -0.3 is 14.2 Å². The van der Waals surface area contributed by atoms with E-state index in [2.05, 4.69) is 24.7 Å². The van der Waals surface area contributed by atoms with Crippen LogP contribution in [0.15, 0.2) is 28.8 Å². The molecule has 8 heteroatoms. The van der Waals surface area contributed by atoms with Crippen molar-refractivity contribution < 1.29 is 18.0 Å². The van der Waals surface area contributed by atoms with Crippen LogP contribution in [-0.2, 0) is 6.54 Å². The molecule has 0 radical (unpaired) electrons. The molecule has 27 heavy (non-hydrogen) atoms. The van der Waals surface area contributed by atoms with Crippen LogP contribution >= 0.6 is 0 Å². The SMILES string of the molecule is FC(F)Oc1ccccc1-c1noc(CN2CCC(N3CCCC3)CC2)n1. The standard InChI is InChI=1S/C19H24F2N4O2/c20-19(21)26-16-6-2-1-5-15(16)18-22-17(27-23-18)13-24-11-7-14(8-12-24)25-9-3-4-10-25/h1-2,5-6,14,19H,3-4,7-13H2. The molecule has 146 valence electrons. The second-order valence-corrected chi connectivity index (χ2v) is 7.14. The number of ether oxygens (including phenoxy) is 1. The molecule has 4 rings (SSSR count). The summed E-state index contributed by atoms with van der Waals surface area (Å²) in [6.45, 7) is 2.16. The number of rotatable bonds is 6. The zero-order chi connectivity index (χ0) is 18.6. The van der Waals surface area contributed by atoms with Crippen LogP contribution in [0, 0.1) is 0 Å². The second-order valence-electron chi connectivity index (χ2n) is 7.14. The van der Waals surface area contributed by atoms with Crippen molar-refractivity contribution in [3.8, 4) is 17.1 Å². The van der Waals surface area contributed by atoms with Crippen molar-refractivity contribution in [2.24, 2.45) is 0 Å². The third-order valence-corrected chi connectivity index (χ3v) is 5.39. The Morgan fingerprint density at radius 1 is 1.11 bits per heavy atom. The number of likely N-dealkylation sites (tertiary alicyclic amines) is 2. The highest BCUT2D eigenvalue weighted by atomic mass is 19.3. The van der Waals surface area contributed by atoms with Crippen LogP contribution in [0.4, 0.5) is 8.78 Å². The molecule has 6 nitrogen and oxygen atoms in total. The predicted molar refractivity (Wildman–Crippen MR) is 95.5 cm³/mol. The maximum Gasteiger partial charge on any atom is 0.387 e. The fourth-order valence-corrected chi connectivity index (χ4v) is 4.02. The van der Waals surface area contributed by atoms with Crippen molar-refractivity contribution in [3.05, 3.63) is 30.2 Å². The van der Waals surface area contributed by atoms with E-state index in [0.29, 0.717) is 24.0 Å². The summed E-state index contributed by atoms with van der Waals surface area (Å²) in [5.41, 5.74) is 0.403. The molecule has 0 bridgehead atoms. The zero-order valence-corrected chi connectivity index (χ0v) is 15.2. The van der Waals surface area contributed by atoms with Crippen molar-refractivity contribution in [1.29, 1.82) is 0 Å². The Hall–Kier alpha value is -2.06. The molecule has 0 atom stereocenters. The first kappa shape index (κ1) is 18.3. The summed E-state index contributed by atoms with van der Waals surface area (Å²) in [7, 11) is 0. The second kappa shape index (κ2) is 8.31. The van der Waals surface area contributed by atoms with Crippen molar-refractivity contribution in [1.82, 2.24) is 19.9 Å². The van der Waals surface area contributed by atoms with E-state index in [1.165, 1.54) is 32.0 Å². The fourth-order valence-electron chi connectivity index (χ4n) is 4.02. The van der Waals surface area contributed by atoms with E-state index in [4.69, 9.17) is 4.52 Å². The molecule has 3 heterocycles. The zero-order valence-electron chi connectivity index (χ0n) is 15.2. The van der Waals surface area contributed by atoms with Crippen LogP contribution in [-0.4, -0.2) is 58.8 Å². The van der Waals surface area contributed by atoms with Gasteiger partial charge in [0.1, 0.15) is 5.75 Å². The topological polar surface area (TPSA) is 54.6 Å². The van der Waals surface area contributed by atoms with Gasteiger partial charge in [0.15, 0.2) is 0 Å². The summed E-state index contributed by atoms with van der Waals surface area (Å²) < 4.78 is 35.1. The maximum atomic E-state index is 12.6. The lowest BCUT2D eigenvalue weighted by atomic mass is 10.0. The monoisotopic (exact) mass is 378 g/mol. The van der Waals surface area contributed by atoms with Crippen LogP contribution in [0.5, 0.6) is 5.75 Å². The van der Waals surface area contributed by atoms with E-state index >= 15 is 0 Å². The summed E-state index contributed by atoms with van der Waals surface area (Å²) in [5, 5.41) is 3.95.